The molecule has 1 amide bonds. The molecule has 2 aromatic heterocycles. The number of hydrogen-bond acceptors (Lipinski definition) is 7. The van der Waals surface area contributed by atoms with Crippen LogP contribution >= 0.6 is 11.3 Å². The highest BCUT2D eigenvalue weighted by Gasteiger charge is 2.38. The molecule has 0 saturated carbocycles. The molecule has 13 heteroatoms. The maximum atomic E-state index is 16.0. The minimum absolute atomic E-state index is 0.0668. The SMILES string of the molecule is C=CC(=O)N1CC[C@@H](N(C)c2ncnc3c(F)c(-c4ccc(F)c5sc(N)nc45)c(C(F)(F)F)cc23)C1. The number of thiazole rings is 1. The second kappa shape index (κ2) is 8.91. The Morgan fingerprint density at radius 2 is 2.03 bits per heavy atom. The van der Waals surface area contributed by atoms with Crippen LogP contribution in [0.5, 0.6) is 0 Å². The predicted molar refractivity (Wildman–Crippen MR) is 131 cm³/mol. The van der Waals surface area contributed by atoms with Crippen LogP contribution in [0.1, 0.15) is 12.0 Å². The summed E-state index contributed by atoms with van der Waals surface area (Å²) in [4.78, 5) is 27.2. The molecule has 4 aromatic rings. The lowest BCUT2D eigenvalue weighted by molar-refractivity contribution is -0.137. The van der Waals surface area contributed by atoms with Crippen LogP contribution in [0.4, 0.5) is 32.9 Å². The summed E-state index contributed by atoms with van der Waals surface area (Å²) in [6, 6.07) is 2.53. The van der Waals surface area contributed by atoms with Gasteiger partial charge in [-0.2, -0.15) is 13.2 Å². The van der Waals surface area contributed by atoms with Crippen molar-refractivity contribution in [1.29, 1.82) is 0 Å². The number of alkyl halides is 3. The van der Waals surface area contributed by atoms with Gasteiger partial charge in [-0.15, -0.1) is 0 Å². The molecular formula is C24H19F5N6OS. The maximum Gasteiger partial charge on any atom is 0.417 e. The third-order valence-corrected chi connectivity index (χ3v) is 7.36. The van der Waals surface area contributed by atoms with E-state index in [0.29, 0.717) is 19.5 Å². The number of fused-ring (bicyclic) bond motifs is 2. The molecule has 2 aromatic carbocycles. The minimum atomic E-state index is -4.97. The smallest absolute Gasteiger partial charge is 0.375 e. The molecule has 1 saturated heterocycles. The van der Waals surface area contributed by atoms with E-state index in [9.17, 15) is 22.4 Å². The van der Waals surface area contributed by atoms with Crippen LogP contribution in [-0.4, -0.2) is 51.9 Å². The molecular weight excluding hydrogens is 515 g/mol. The van der Waals surface area contributed by atoms with Gasteiger partial charge in [-0.05, 0) is 30.7 Å². The Morgan fingerprint density at radius 1 is 1.27 bits per heavy atom. The van der Waals surface area contributed by atoms with Crippen LogP contribution in [0.25, 0.3) is 32.2 Å². The number of nitrogens with two attached hydrogens (primary N) is 1. The number of halogens is 5. The molecule has 7 nitrogen and oxygen atoms in total. The lowest BCUT2D eigenvalue weighted by atomic mass is 9.95. The van der Waals surface area contributed by atoms with Crippen molar-refractivity contribution in [3.8, 4) is 11.1 Å². The number of carbonyl (C=O) groups is 1. The average Bonchev–Trinajstić information content (AvgIpc) is 3.50. The van der Waals surface area contributed by atoms with Crippen molar-refractivity contribution >= 4 is 49.3 Å². The van der Waals surface area contributed by atoms with E-state index in [1.54, 1.807) is 16.8 Å². The first-order valence-electron chi connectivity index (χ1n) is 11.0. The van der Waals surface area contributed by atoms with Crippen molar-refractivity contribution < 1.29 is 26.7 Å². The van der Waals surface area contributed by atoms with Crippen molar-refractivity contribution in [2.75, 3.05) is 30.8 Å². The van der Waals surface area contributed by atoms with Crippen LogP contribution in [0.3, 0.4) is 0 Å². The van der Waals surface area contributed by atoms with Gasteiger partial charge in [0, 0.05) is 42.7 Å². The Labute approximate surface area is 211 Å². The van der Waals surface area contributed by atoms with Crippen LogP contribution in [0.15, 0.2) is 37.2 Å². The zero-order chi connectivity index (χ0) is 26.6. The lowest BCUT2D eigenvalue weighted by Gasteiger charge is -2.27. The molecule has 1 aliphatic rings. The third-order valence-electron chi connectivity index (χ3n) is 6.47. The molecule has 3 heterocycles. The molecule has 2 N–H and O–H groups in total. The Balaban J connectivity index is 1.71. The fourth-order valence-electron chi connectivity index (χ4n) is 4.67. The van der Waals surface area contributed by atoms with Crippen LogP contribution in [-0.2, 0) is 11.0 Å². The molecule has 0 bridgehead atoms. The maximum absolute atomic E-state index is 16.0. The summed E-state index contributed by atoms with van der Waals surface area (Å²) in [5, 5.41) is -0.217. The number of rotatable bonds is 4. The Kier molecular flexibility index (Phi) is 5.97. The number of likely N-dealkylation sites (tertiary alicyclic amines) is 1. The van der Waals surface area contributed by atoms with Crippen molar-refractivity contribution in [3.05, 3.63) is 54.4 Å². The van der Waals surface area contributed by atoms with E-state index in [4.69, 9.17) is 5.73 Å². The number of benzene rings is 2. The van der Waals surface area contributed by atoms with E-state index >= 15 is 4.39 Å². The highest BCUT2D eigenvalue weighted by atomic mass is 32.1. The zero-order valence-corrected chi connectivity index (χ0v) is 20.1. The number of carbonyl (C=O) groups excluding carboxylic acids is 1. The number of hydrogen-bond donors (Lipinski definition) is 1. The highest BCUT2D eigenvalue weighted by molar-refractivity contribution is 7.22. The second-order valence-electron chi connectivity index (χ2n) is 8.57. The van der Waals surface area contributed by atoms with Crippen molar-refractivity contribution in [2.24, 2.45) is 0 Å². The number of amides is 1. The van der Waals surface area contributed by atoms with E-state index in [2.05, 4.69) is 21.5 Å². The number of nitrogen functional groups attached to an aromatic ring is 1. The molecule has 192 valence electrons. The van der Waals surface area contributed by atoms with Crippen LogP contribution in [0, 0.1) is 11.6 Å². The topological polar surface area (TPSA) is 88.2 Å². The summed E-state index contributed by atoms with van der Waals surface area (Å²) in [6.45, 7) is 4.21. The first-order chi connectivity index (χ1) is 17.5. The van der Waals surface area contributed by atoms with E-state index in [0.717, 1.165) is 35.9 Å². The van der Waals surface area contributed by atoms with Crippen molar-refractivity contribution in [2.45, 2.75) is 18.6 Å². The molecule has 0 radical (unpaired) electrons. The summed E-state index contributed by atoms with van der Waals surface area (Å²) in [5.74, 6) is -2.14. The van der Waals surface area contributed by atoms with E-state index in [1.807, 2.05) is 0 Å². The summed E-state index contributed by atoms with van der Waals surface area (Å²) >= 11 is 0.756. The van der Waals surface area contributed by atoms with Crippen molar-refractivity contribution in [3.63, 3.8) is 0 Å². The van der Waals surface area contributed by atoms with Gasteiger partial charge >= 0.3 is 6.18 Å². The number of nitrogens with zero attached hydrogens (tertiary/aromatic N) is 5. The fraction of sp³-hybridized carbons (Fsp3) is 0.250. The highest BCUT2D eigenvalue weighted by Crippen LogP contribution is 2.45. The fourth-order valence-corrected chi connectivity index (χ4v) is 5.43. The van der Waals surface area contributed by atoms with Gasteiger partial charge in [0.05, 0.1) is 15.8 Å². The van der Waals surface area contributed by atoms with Gasteiger partial charge in [0.25, 0.3) is 0 Å². The Morgan fingerprint density at radius 3 is 2.73 bits per heavy atom. The normalized spacial score (nSPS) is 16.1. The van der Waals surface area contributed by atoms with Crippen LogP contribution < -0.4 is 10.6 Å². The Bertz CT molecular complexity index is 1570. The van der Waals surface area contributed by atoms with Gasteiger partial charge in [0.15, 0.2) is 10.9 Å². The molecule has 37 heavy (non-hydrogen) atoms. The molecule has 1 fully saturated rings. The van der Waals surface area contributed by atoms with Gasteiger partial charge in [0.2, 0.25) is 5.91 Å². The minimum Gasteiger partial charge on any atom is -0.375 e. The molecule has 0 spiro atoms. The first kappa shape index (κ1) is 24.8. The average molecular weight is 535 g/mol. The van der Waals surface area contributed by atoms with Gasteiger partial charge in [-0.1, -0.05) is 17.9 Å². The number of likely N-dealkylation sites (N-methyl/N-ethyl adjacent to an activating group) is 1. The quantitative estimate of drug-likeness (QED) is 0.293. The predicted octanol–water partition coefficient (Wildman–Crippen LogP) is 5.01. The monoisotopic (exact) mass is 534 g/mol. The summed E-state index contributed by atoms with van der Waals surface area (Å²) in [7, 11) is 1.62. The zero-order valence-electron chi connectivity index (χ0n) is 19.3. The molecule has 1 atom stereocenters. The molecule has 0 aliphatic carbocycles. The van der Waals surface area contributed by atoms with Gasteiger partial charge < -0.3 is 15.5 Å². The van der Waals surface area contributed by atoms with Crippen LogP contribution in [0.2, 0.25) is 0 Å². The van der Waals surface area contributed by atoms with Gasteiger partial charge in [0.1, 0.15) is 23.5 Å². The molecule has 1 aliphatic heterocycles. The standard InChI is InChI=1S/C24H19F5N6OS/c1-3-16(36)35-7-6-11(9-35)34(2)22-13-8-14(24(27,28)29)17(18(26)19(13)31-10-32-22)12-4-5-15(25)21-20(12)33-23(30)37-21/h3-5,8,10-11H,1,6-7,9H2,2H3,(H2,30,33)/t11-/m1/s1. The molecule has 0 unspecified atom stereocenters. The number of aromatic nitrogens is 3. The van der Waals surface area contributed by atoms with E-state index < -0.39 is 28.9 Å². The third kappa shape index (κ3) is 4.12. The summed E-state index contributed by atoms with van der Waals surface area (Å²) in [5.41, 5.74) is 2.84. The lowest BCUT2D eigenvalue weighted by Crippen LogP contribution is -2.36. The largest absolute Gasteiger partial charge is 0.417 e. The summed E-state index contributed by atoms with van der Waals surface area (Å²) < 4.78 is 73.3. The number of anilines is 2. The summed E-state index contributed by atoms with van der Waals surface area (Å²) in [6.07, 6.45) is -2.18. The van der Waals surface area contributed by atoms with E-state index in [1.165, 1.54) is 6.08 Å². The Hall–Kier alpha value is -3.87. The molecule has 5 rings (SSSR count). The van der Waals surface area contributed by atoms with E-state index in [-0.39, 0.29) is 49.6 Å². The van der Waals surface area contributed by atoms with Gasteiger partial charge in [-0.25, -0.2) is 23.7 Å². The second-order valence-corrected chi connectivity index (χ2v) is 9.60. The van der Waals surface area contributed by atoms with Gasteiger partial charge in [-0.3, -0.25) is 4.79 Å². The first-order valence-corrected chi connectivity index (χ1v) is 11.9. The van der Waals surface area contributed by atoms with Crippen molar-refractivity contribution in [1.82, 2.24) is 19.9 Å².